The third-order valence-corrected chi connectivity index (χ3v) is 8.50. The highest BCUT2D eigenvalue weighted by atomic mass is 79.9. The maximum atomic E-state index is 13.3. The van der Waals surface area contributed by atoms with Gasteiger partial charge in [-0.15, -0.1) is 0 Å². The van der Waals surface area contributed by atoms with Crippen molar-refractivity contribution in [1.82, 2.24) is 0 Å². The lowest BCUT2D eigenvalue weighted by molar-refractivity contribution is -0.138. The fourth-order valence-corrected chi connectivity index (χ4v) is 8.22. The number of halogens is 1. The number of alkyl halides is 1. The smallest absolute Gasteiger partial charge is 0.230 e. The second-order valence-electron chi connectivity index (χ2n) is 9.79. The monoisotopic (exact) mass is 430 g/mol. The van der Waals surface area contributed by atoms with Crippen LogP contribution in [0.15, 0.2) is 24.3 Å². The van der Waals surface area contributed by atoms with Crippen molar-refractivity contribution in [3.8, 4) is 0 Å². The molecule has 27 heavy (non-hydrogen) atoms. The molecule has 4 aliphatic carbocycles. The normalized spacial score (nSPS) is 37.9. The summed E-state index contributed by atoms with van der Waals surface area (Å²) in [5.41, 5.74) is 2.11. The second-order valence-corrected chi connectivity index (χ2v) is 11.5. The van der Waals surface area contributed by atoms with Crippen LogP contribution in [0.5, 0.6) is 0 Å². The molecule has 1 N–H and O–H groups in total. The quantitative estimate of drug-likeness (QED) is 0.619. The molecule has 146 valence electrons. The molecule has 5 aliphatic rings. The first-order valence-corrected chi connectivity index (χ1v) is 11.7. The number of hydrogen-bond acceptors (Lipinski definition) is 2. The highest BCUT2D eigenvalue weighted by Gasteiger charge is 2.59. The molecule has 2 atom stereocenters. The van der Waals surface area contributed by atoms with Crippen molar-refractivity contribution in [2.45, 2.75) is 68.5 Å². The van der Waals surface area contributed by atoms with Crippen molar-refractivity contribution in [3.05, 3.63) is 24.3 Å². The number of carbonyl (C=O) groups is 1. The lowest BCUT2D eigenvalue weighted by Gasteiger charge is -2.59. The van der Waals surface area contributed by atoms with Gasteiger partial charge >= 0.3 is 0 Å². The van der Waals surface area contributed by atoms with Gasteiger partial charge in [-0.3, -0.25) is 4.79 Å². The van der Waals surface area contributed by atoms with E-state index < -0.39 is 0 Å². The van der Waals surface area contributed by atoms with Crippen LogP contribution in [-0.2, 0) is 4.79 Å². The van der Waals surface area contributed by atoms with E-state index in [1.165, 1.54) is 50.6 Å². The summed E-state index contributed by atoms with van der Waals surface area (Å²) < 4.78 is 0.227. The molecule has 0 aromatic heterocycles. The minimum absolute atomic E-state index is 0.142. The highest BCUT2D eigenvalue weighted by molar-refractivity contribution is 9.10. The molecular weight excluding hydrogens is 400 g/mol. The SMILES string of the molecule is O=C(Nc1ccc(N2CCCCCC2)cc1)C12CC3CC(CC(Br)(C3)C1)C2. The predicted octanol–water partition coefficient (Wildman–Crippen LogP) is 5.74. The van der Waals surface area contributed by atoms with E-state index in [0.717, 1.165) is 49.9 Å². The summed E-state index contributed by atoms with van der Waals surface area (Å²) in [6.45, 7) is 2.32. The molecule has 4 saturated carbocycles. The fraction of sp³-hybridized carbons (Fsp3) is 0.696. The summed E-state index contributed by atoms with van der Waals surface area (Å²) in [4.78, 5) is 15.8. The average molecular weight is 431 g/mol. The van der Waals surface area contributed by atoms with Crippen LogP contribution in [0.25, 0.3) is 0 Å². The second kappa shape index (κ2) is 6.79. The Balaban J connectivity index is 1.28. The van der Waals surface area contributed by atoms with Crippen molar-refractivity contribution < 1.29 is 4.79 Å². The van der Waals surface area contributed by atoms with Crippen molar-refractivity contribution in [2.24, 2.45) is 17.3 Å². The Kier molecular flexibility index (Phi) is 4.53. The zero-order valence-electron chi connectivity index (χ0n) is 16.2. The molecule has 1 amide bonds. The molecule has 2 unspecified atom stereocenters. The van der Waals surface area contributed by atoms with Crippen LogP contribution in [-0.4, -0.2) is 23.3 Å². The zero-order chi connectivity index (χ0) is 18.5. The molecule has 6 rings (SSSR count). The lowest BCUT2D eigenvalue weighted by Crippen LogP contribution is -2.57. The van der Waals surface area contributed by atoms with Crippen LogP contribution in [0.3, 0.4) is 0 Å². The van der Waals surface area contributed by atoms with E-state index in [-0.39, 0.29) is 15.6 Å². The molecule has 1 heterocycles. The van der Waals surface area contributed by atoms with E-state index in [1.807, 2.05) is 0 Å². The Morgan fingerprint density at radius 1 is 0.963 bits per heavy atom. The maximum Gasteiger partial charge on any atom is 0.230 e. The third-order valence-electron chi connectivity index (χ3n) is 7.57. The Hall–Kier alpha value is -1.03. The van der Waals surface area contributed by atoms with Crippen molar-refractivity contribution in [2.75, 3.05) is 23.3 Å². The number of hydrogen-bond donors (Lipinski definition) is 1. The molecule has 0 radical (unpaired) electrons. The van der Waals surface area contributed by atoms with Crippen LogP contribution in [0.1, 0.15) is 64.2 Å². The van der Waals surface area contributed by atoms with Crippen molar-refractivity contribution >= 4 is 33.2 Å². The van der Waals surface area contributed by atoms with Gasteiger partial charge in [-0.1, -0.05) is 28.8 Å². The maximum absolute atomic E-state index is 13.3. The molecule has 4 heteroatoms. The first-order valence-electron chi connectivity index (χ1n) is 10.9. The fourth-order valence-electron chi connectivity index (χ4n) is 6.76. The van der Waals surface area contributed by atoms with Gasteiger partial charge in [0.15, 0.2) is 0 Å². The first kappa shape index (κ1) is 18.0. The topological polar surface area (TPSA) is 32.3 Å². The molecule has 1 aromatic carbocycles. The predicted molar refractivity (Wildman–Crippen MR) is 115 cm³/mol. The Morgan fingerprint density at radius 3 is 2.19 bits per heavy atom. The number of rotatable bonds is 3. The van der Waals surface area contributed by atoms with Gasteiger partial charge in [0.05, 0.1) is 5.41 Å². The average Bonchev–Trinajstić information content (AvgIpc) is 2.90. The van der Waals surface area contributed by atoms with Crippen molar-refractivity contribution in [3.63, 3.8) is 0 Å². The van der Waals surface area contributed by atoms with Crippen molar-refractivity contribution in [1.29, 1.82) is 0 Å². The van der Waals surface area contributed by atoms with Crippen LogP contribution in [0.2, 0.25) is 0 Å². The molecule has 1 saturated heterocycles. The lowest BCUT2D eigenvalue weighted by atomic mass is 9.49. The van der Waals surface area contributed by atoms with E-state index >= 15 is 0 Å². The standard InChI is InChI=1S/C23H31BrN2O/c24-23-14-17-11-18(15-23)13-22(12-17,16-23)21(27)25-19-5-7-20(8-6-19)26-9-3-1-2-4-10-26/h5-8,17-18H,1-4,9-16H2,(H,25,27). The summed E-state index contributed by atoms with van der Waals surface area (Å²) in [5.74, 6) is 1.74. The van der Waals surface area contributed by atoms with Gasteiger partial charge in [0.25, 0.3) is 0 Å². The van der Waals surface area contributed by atoms with Crippen LogP contribution in [0, 0.1) is 17.3 Å². The number of carbonyl (C=O) groups excluding carboxylic acids is 1. The van der Waals surface area contributed by atoms with E-state index in [9.17, 15) is 4.79 Å². The molecule has 5 fully saturated rings. The summed E-state index contributed by atoms with van der Waals surface area (Å²) in [6.07, 6.45) is 12.4. The Morgan fingerprint density at radius 2 is 1.59 bits per heavy atom. The molecule has 1 aliphatic heterocycles. The Labute approximate surface area is 171 Å². The van der Waals surface area contributed by atoms with Gasteiger partial charge in [0.2, 0.25) is 5.91 Å². The summed E-state index contributed by atoms with van der Waals surface area (Å²) in [5, 5.41) is 3.28. The van der Waals surface area contributed by atoms with Crippen LogP contribution >= 0.6 is 15.9 Å². The Bertz CT molecular complexity index is 694. The molecule has 4 bridgehead atoms. The van der Waals surface area contributed by atoms with Gasteiger partial charge in [0.1, 0.15) is 0 Å². The van der Waals surface area contributed by atoms with Gasteiger partial charge in [-0.25, -0.2) is 0 Å². The van der Waals surface area contributed by atoms with E-state index in [0.29, 0.717) is 0 Å². The van der Waals surface area contributed by atoms with E-state index in [2.05, 4.69) is 50.4 Å². The number of nitrogens with zero attached hydrogens (tertiary/aromatic N) is 1. The van der Waals surface area contributed by atoms with E-state index in [1.54, 1.807) is 0 Å². The highest BCUT2D eigenvalue weighted by Crippen LogP contribution is 2.64. The third kappa shape index (κ3) is 3.43. The summed E-state index contributed by atoms with van der Waals surface area (Å²) in [6, 6.07) is 8.57. The molecular formula is C23H31BrN2O. The van der Waals surface area contributed by atoms with Crippen LogP contribution in [0.4, 0.5) is 11.4 Å². The number of amides is 1. The number of nitrogens with one attached hydrogen (secondary N) is 1. The number of anilines is 2. The summed E-state index contributed by atoms with van der Waals surface area (Å²) >= 11 is 4.02. The molecule has 3 nitrogen and oxygen atoms in total. The molecule has 0 spiro atoms. The minimum atomic E-state index is -0.142. The van der Waals surface area contributed by atoms with Crippen LogP contribution < -0.4 is 10.2 Å². The first-order chi connectivity index (χ1) is 13.0. The zero-order valence-corrected chi connectivity index (χ0v) is 17.8. The number of benzene rings is 1. The van der Waals surface area contributed by atoms with Gasteiger partial charge in [-0.2, -0.15) is 0 Å². The van der Waals surface area contributed by atoms with Gasteiger partial charge in [-0.05, 0) is 87.5 Å². The summed E-state index contributed by atoms with van der Waals surface area (Å²) in [7, 11) is 0. The minimum Gasteiger partial charge on any atom is -0.372 e. The van der Waals surface area contributed by atoms with E-state index in [4.69, 9.17) is 0 Å². The van der Waals surface area contributed by atoms with Gasteiger partial charge < -0.3 is 10.2 Å². The van der Waals surface area contributed by atoms with Gasteiger partial charge in [0, 0.05) is 28.8 Å². The largest absolute Gasteiger partial charge is 0.372 e. The molecule has 1 aromatic rings.